The van der Waals surface area contributed by atoms with Gasteiger partial charge in [-0.05, 0) is 32.0 Å². The molecule has 2 heterocycles. The van der Waals surface area contributed by atoms with Crippen LogP contribution in [0.5, 0.6) is 0 Å². The van der Waals surface area contributed by atoms with Gasteiger partial charge >= 0.3 is 0 Å². The maximum absolute atomic E-state index is 12.5. The van der Waals surface area contributed by atoms with Crippen molar-refractivity contribution in [1.29, 1.82) is 0 Å². The molecule has 1 fully saturated rings. The van der Waals surface area contributed by atoms with Crippen molar-refractivity contribution in [2.45, 2.75) is 13.8 Å². The molecule has 1 aromatic carbocycles. The third-order valence-electron chi connectivity index (χ3n) is 4.61. The fourth-order valence-electron chi connectivity index (χ4n) is 3.32. The molecule has 1 aliphatic rings. The molecule has 3 rings (SSSR count). The topological polar surface area (TPSA) is 49.3 Å². The van der Waals surface area contributed by atoms with Gasteiger partial charge in [0, 0.05) is 56.3 Å². The maximum atomic E-state index is 12.5. The Hall–Kier alpha value is -2.11. The van der Waals surface area contributed by atoms with E-state index in [0.717, 1.165) is 55.4 Å². The molecule has 2 N–H and O–H groups in total. The highest BCUT2D eigenvalue weighted by Gasteiger charge is 2.17. The van der Waals surface area contributed by atoms with Crippen LogP contribution in [0.1, 0.15) is 21.7 Å². The number of hydrogen-bond acceptors (Lipinski definition) is 3. The summed E-state index contributed by atoms with van der Waals surface area (Å²) in [5, 5.41) is 6.40. The normalized spacial score (nSPS) is 15.4. The summed E-state index contributed by atoms with van der Waals surface area (Å²) in [5.41, 5.74) is 3.91. The van der Waals surface area contributed by atoms with Crippen molar-refractivity contribution in [1.82, 2.24) is 20.1 Å². The molecule has 5 heteroatoms. The van der Waals surface area contributed by atoms with Gasteiger partial charge in [0.15, 0.2) is 0 Å². The van der Waals surface area contributed by atoms with Crippen LogP contribution >= 0.6 is 0 Å². The van der Waals surface area contributed by atoms with Gasteiger partial charge in [-0.15, -0.1) is 0 Å². The van der Waals surface area contributed by atoms with Crippen LogP contribution in [0.25, 0.3) is 5.69 Å². The molecule has 1 aliphatic heterocycles. The van der Waals surface area contributed by atoms with Crippen molar-refractivity contribution < 1.29 is 4.79 Å². The van der Waals surface area contributed by atoms with Crippen molar-refractivity contribution >= 4 is 5.91 Å². The van der Waals surface area contributed by atoms with Gasteiger partial charge in [-0.3, -0.25) is 9.69 Å². The van der Waals surface area contributed by atoms with E-state index in [0.29, 0.717) is 6.54 Å². The number of nitrogens with zero attached hydrogens (tertiary/aromatic N) is 2. The monoisotopic (exact) mass is 326 g/mol. The van der Waals surface area contributed by atoms with E-state index in [9.17, 15) is 4.79 Å². The molecule has 0 radical (unpaired) electrons. The molecule has 1 aromatic heterocycles. The zero-order valence-electron chi connectivity index (χ0n) is 14.5. The SMILES string of the molecule is Cc1cc(C(=O)NCCN2CCNCC2)c(C)n1-c1ccccc1. The van der Waals surface area contributed by atoms with E-state index in [4.69, 9.17) is 0 Å². The predicted octanol–water partition coefficient (Wildman–Crippen LogP) is 1.73. The maximum Gasteiger partial charge on any atom is 0.253 e. The summed E-state index contributed by atoms with van der Waals surface area (Å²) in [7, 11) is 0. The number of carbonyl (C=O) groups is 1. The first-order chi connectivity index (χ1) is 11.7. The Morgan fingerprint density at radius 2 is 1.88 bits per heavy atom. The number of nitrogens with one attached hydrogen (secondary N) is 2. The van der Waals surface area contributed by atoms with Gasteiger partial charge in [-0.1, -0.05) is 18.2 Å². The van der Waals surface area contributed by atoms with E-state index in [2.05, 4.69) is 32.2 Å². The van der Waals surface area contributed by atoms with Gasteiger partial charge in [0.25, 0.3) is 5.91 Å². The summed E-state index contributed by atoms with van der Waals surface area (Å²) in [6.45, 7) is 9.82. The average Bonchev–Trinajstić information content (AvgIpc) is 2.91. The molecule has 128 valence electrons. The number of aromatic nitrogens is 1. The highest BCUT2D eigenvalue weighted by Crippen LogP contribution is 2.20. The Bertz CT molecular complexity index is 687. The minimum absolute atomic E-state index is 0.0143. The van der Waals surface area contributed by atoms with E-state index in [1.807, 2.05) is 38.1 Å². The van der Waals surface area contributed by atoms with Gasteiger partial charge in [0.05, 0.1) is 5.56 Å². The van der Waals surface area contributed by atoms with Gasteiger partial charge in [0.1, 0.15) is 0 Å². The van der Waals surface area contributed by atoms with Crippen LogP contribution < -0.4 is 10.6 Å². The molecular formula is C19H26N4O. The largest absolute Gasteiger partial charge is 0.351 e. The molecule has 1 amide bonds. The number of rotatable bonds is 5. The minimum atomic E-state index is 0.0143. The molecule has 0 aliphatic carbocycles. The van der Waals surface area contributed by atoms with E-state index < -0.39 is 0 Å². The van der Waals surface area contributed by atoms with E-state index in [1.165, 1.54) is 0 Å². The summed E-state index contributed by atoms with van der Waals surface area (Å²) in [5.74, 6) is 0.0143. The molecule has 1 saturated heterocycles. The zero-order chi connectivity index (χ0) is 16.9. The molecule has 0 atom stereocenters. The van der Waals surface area contributed by atoms with Crippen LogP contribution in [0.3, 0.4) is 0 Å². The first kappa shape index (κ1) is 16.7. The lowest BCUT2D eigenvalue weighted by Crippen LogP contribution is -2.46. The lowest BCUT2D eigenvalue weighted by molar-refractivity contribution is 0.0946. The van der Waals surface area contributed by atoms with E-state index in [-0.39, 0.29) is 5.91 Å². The molecule has 24 heavy (non-hydrogen) atoms. The Balaban J connectivity index is 1.65. The lowest BCUT2D eigenvalue weighted by atomic mass is 10.2. The number of benzene rings is 1. The first-order valence-electron chi connectivity index (χ1n) is 8.62. The van der Waals surface area contributed by atoms with Gasteiger partial charge in [-0.25, -0.2) is 0 Å². The number of hydrogen-bond donors (Lipinski definition) is 2. The van der Waals surface area contributed by atoms with E-state index in [1.54, 1.807) is 0 Å². The molecule has 0 spiro atoms. The standard InChI is InChI=1S/C19H26N4O/c1-15-14-18(16(2)23(15)17-6-4-3-5-7-17)19(24)21-10-13-22-11-8-20-9-12-22/h3-7,14,20H,8-13H2,1-2H3,(H,21,24). The number of amides is 1. The Kier molecular flexibility index (Phi) is 5.33. The van der Waals surface area contributed by atoms with Crippen molar-refractivity contribution in [3.8, 4) is 5.69 Å². The van der Waals surface area contributed by atoms with Crippen molar-refractivity contribution in [2.24, 2.45) is 0 Å². The second-order valence-electron chi connectivity index (χ2n) is 6.30. The van der Waals surface area contributed by atoms with Crippen molar-refractivity contribution in [3.63, 3.8) is 0 Å². The van der Waals surface area contributed by atoms with Crippen LogP contribution in [0.4, 0.5) is 0 Å². The fraction of sp³-hybridized carbons (Fsp3) is 0.421. The Morgan fingerprint density at radius 1 is 1.17 bits per heavy atom. The predicted molar refractivity (Wildman–Crippen MR) is 96.9 cm³/mol. The van der Waals surface area contributed by atoms with Crippen LogP contribution in [0, 0.1) is 13.8 Å². The third kappa shape index (κ3) is 3.68. The molecule has 2 aromatic rings. The van der Waals surface area contributed by atoms with Crippen molar-refractivity contribution in [3.05, 3.63) is 53.3 Å². The van der Waals surface area contributed by atoms with Gasteiger partial charge in [0.2, 0.25) is 0 Å². The summed E-state index contributed by atoms with van der Waals surface area (Å²) in [6, 6.07) is 12.1. The van der Waals surface area contributed by atoms with E-state index >= 15 is 0 Å². The first-order valence-corrected chi connectivity index (χ1v) is 8.62. The summed E-state index contributed by atoms with van der Waals surface area (Å²) >= 11 is 0. The lowest BCUT2D eigenvalue weighted by Gasteiger charge is -2.27. The second kappa shape index (κ2) is 7.64. The molecule has 0 saturated carbocycles. The smallest absolute Gasteiger partial charge is 0.253 e. The zero-order valence-corrected chi connectivity index (χ0v) is 14.5. The Labute approximate surface area is 143 Å². The quantitative estimate of drug-likeness (QED) is 0.880. The number of piperazine rings is 1. The highest BCUT2D eigenvalue weighted by atomic mass is 16.1. The molecule has 0 bridgehead atoms. The molecule has 0 unspecified atom stereocenters. The van der Waals surface area contributed by atoms with Crippen LogP contribution in [-0.2, 0) is 0 Å². The van der Waals surface area contributed by atoms with Crippen LogP contribution in [0.2, 0.25) is 0 Å². The summed E-state index contributed by atoms with van der Waals surface area (Å²) in [6.07, 6.45) is 0. The summed E-state index contributed by atoms with van der Waals surface area (Å²) < 4.78 is 2.13. The molecular weight excluding hydrogens is 300 g/mol. The third-order valence-corrected chi connectivity index (χ3v) is 4.61. The van der Waals surface area contributed by atoms with Crippen LogP contribution in [-0.4, -0.2) is 54.6 Å². The van der Waals surface area contributed by atoms with Crippen molar-refractivity contribution in [2.75, 3.05) is 39.3 Å². The summed E-state index contributed by atoms with van der Waals surface area (Å²) in [4.78, 5) is 14.9. The van der Waals surface area contributed by atoms with Crippen LogP contribution in [0.15, 0.2) is 36.4 Å². The second-order valence-corrected chi connectivity index (χ2v) is 6.30. The van der Waals surface area contributed by atoms with Gasteiger partial charge < -0.3 is 15.2 Å². The minimum Gasteiger partial charge on any atom is -0.351 e. The van der Waals surface area contributed by atoms with Gasteiger partial charge in [-0.2, -0.15) is 0 Å². The Morgan fingerprint density at radius 3 is 2.58 bits per heavy atom. The fourth-order valence-corrected chi connectivity index (χ4v) is 3.32. The average molecular weight is 326 g/mol. The number of para-hydroxylation sites is 1. The number of carbonyl (C=O) groups excluding carboxylic acids is 1. The number of aryl methyl sites for hydroxylation is 1. The highest BCUT2D eigenvalue weighted by molar-refractivity contribution is 5.95. The molecule has 5 nitrogen and oxygen atoms in total.